The van der Waals surface area contributed by atoms with Gasteiger partial charge in [0.25, 0.3) is 5.69 Å². The third-order valence-corrected chi connectivity index (χ3v) is 1.94. The smallest absolute Gasteiger partial charge is 0.258 e. The van der Waals surface area contributed by atoms with Crippen molar-refractivity contribution >= 4 is 15.9 Å². The molecule has 66 valence electrons. The monoisotopic (exact) mass is 191 g/mol. The Morgan fingerprint density at radius 1 is 1.54 bits per heavy atom. The zero-order valence-electron chi connectivity index (χ0n) is 7.50. The third kappa shape index (κ3) is 2.17. The first-order chi connectivity index (χ1) is 6.15. The Labute approximate surface area is 79.3 Å². The summed E-state index contributed by atoms with van der Waals surface area (Å²) in [7, 11) is 0.785. The van der Waals surface area contributed by atoms with Crippen molar-refractivity contribution in [1.29, 1.82) is 0 Å². The quantitative estimate of drug-likeness (QED) is 0.282. The van der Waals surface area contributed by atoms with Gasteiger partial charge in [0, 0.05) is 17.7 Å². The van der Waals surface area contributed by atoms with E-state index in [1.807, 2.05) is 6.92 Å². The number of nitro benzene ring substituents is 1. The van der Waals surface area contributed by atoms with Crippen LogP contribution in [0.3, 0.4) is 0 Å². The highest BCUT2D eigenvalue weighted by Gasteiger charge is 2.06. The molecule has 13 heavy (non-hydrogen) atoms. The van der Waals surface area contributed by atoms with Crippen LogP contribution in [-0.4, -0.2) is 15.2 Å². The summed E-state index contributed by atoms with van der Waals surface area (Å²) in [5, 5.41) is 10.4. The van der Waals surface area contributed by atoms with E-state index >= 15 is 0 Å². The van der Waals surface area contributed by atoms with Crippen molar-refractivity contribution in [1.82, 2.24) is 0 Å². The predicted molar refractivity (Wildman–Crippen MR) is 54.7 cm³/mol. The largest absolute Gasteiger partial charge is 0.270 e. The van der Waals surface area contributed by atoms with Gasteiger partial charge in [-0.3, -0.25) is 10.1 Å². The van der Waals surface area contributed by atoms with E-state index in [9.17, 15) is 10.1 Å². The Kier molecular flexibility index (Phi) is 2.83. The summed E-state index contributed by atoms with van der Waals surface area (Å²) < 4.78 is 0. The Hall–Kier alpha value is -1.60. The van der Waals surface area contributed by atoms with Gasteiger partial charge in [0.15, 0.2) is 0 Å². The van der Waals surface area contributed by atoms with Crippen molar-refractivity contribution in [3.05, 3.63) is 39.4 Å². The summed E-state index contributed by atoms with van der Waals surface area (Å²) in [6.45, 7) is 1.89. The third-order valence-electron chi connectivity index (χ3n) is 1.69. The van der Waals surface area contributed by atoms with Crippen LogP contribution in [0.4, 0.5) is 5.69 Å². The molecular weight excluding hydrogens is 182 g/mol. The van der Waals surface area contributed by atoms with E-state index in [0.29, 0.717) is 0 Å². The molecule has 0 aliphatic rings. The molecule has 1 aromatic carbocycles. The van der Waals surface area contributed by atoms with E-state index in [-0.39, 0.29) is 5.69 Å². The minimum Gasteiger partial charge on any atom is -0.258 e. The minimum absolute atomic E-state index is 0.102. The van der Waals surface area contributed by atoms with Crippen molar-refractivity contribution in [3.63, 3.8) is 0 Å². The highest BCUT2D eigenvalue weighted by atomic mass is 28.1. The van der Waals surface area contributed by atoms with Gasteiger partial charge in [-0.05, 0) is 12.5 Å². The maximum absolute atomic E-state index is 10.4. The summed E-state index contributed by atoms with van der Waals surface area (Å²) >= 11 is 0. The lowest BCUT2D eigenvalue weighted by Gasteiger charge is -1.96. The summed E-state index contributed by atoms with van der Waals surface area (Å²) in [4.78, 5) is 10.0. The second-order valence-electron chi connectivity index (χ2n) is 2.63. The van der Waals surface area contributed by atoms with Gasteiger partial charge in [-0.1, -0.05) is 12.0 Å². The molecule has 0 fully saturated rings. The van der Waals surface area contributed by atoms with Gasteiger partial charge < -0.3 is 0 Å². The van der Waals surface area contributed by atoms with Crippen molar-refractivity contribution in [3.8, 4) is 11.5 Å². The molecule has 0 atom stereocenters. The molecule has 0 N–H and O–H groups in total. The molecule has 0 saturated heterocycles. The lowest BCUT2D eigenvalue weighted by Crippen LogP contribution is -1.90. The van der Waals surface area contributed by atoms with Crippen LogP contribution in [-0.2, 0) is 0 Å². The van der Waals surface area contributed by atoms with Crippen LogP contribution in [0.1, 0.15) is 11.1 Å². The molecule has 0 aromatic heterocycles. The average Bonchev–Trinajstić information content (AvgIpc) is 2.08. The predicted octanol–water partition coefficient (Wildman–Crippen LogP) is 0.578. The SMILES string of the molecule is Cc1ccc([N+](=O)[O-])cc1C#C[SiH3]. The van der Waals surface area contributed by atoms with Crippen LogP contribution in [0.15, 0.2) is 18.2 Å². The Morgan fingerprint density at radius 2 is 2.23 bits per heavy atom. The van der Waals surface area contributed by atoms with Crippen molar-refractivity contribution in [2.45, 2.75) is 6.92 Å². The lowest BCUT2D eigenvalue weighted by atomic mass is 10.1. The molecule has 0 heterocycles. The number of non-ortho nitro benzene ring substituents is 1. The summed E-state index contributed by atoms with van der Waals surface area (Å²) in [5.74, 6) is 2.88. The second-order valence-corrected chi connectivity index (χ2v) is 3.13. The number of hydrogen-bond donors (Lipinski definition) is 0. The summed E-state index contributed by atoms with van der Waals surface area (Å²) in [6, 6.07) is 4.73. The van der Waals surface area contributed by atoms with Crippen LogP contribution in [0.2, 0.25) is 0 Å². The van der Waals surface area contributed by atoms with Crippen LogP contribution in [0.25, 0.3) is 0 Å². The van der Waals surface area contributed by atoms with Crippen LogP contribution >= 0.6 is 0 Å². The molecular formula is C9H9NO2Si. The minimum atomic E-state index is -0.405. The molecule has 0 saturated carbocycles. The van der Waals surface area contributed by atoms with E-state index in [1.165, 1.54) is 12.1 Å². The number of hydrogen-bond acceptors (Lipinski definition) is 2. The molecule has 0 amide bonds. The summed E-state index contributed by atoms with van der Waals surface area (Å²) in [6.07, 6.45) is 0. The Bertz CT molecular complexity index is 404. The molecule has 4 heteroatoms. The van der Waals surface area contributed by atoms with Crippen LogP contribution in [0, 0.1) is 28.5 Å². The standard InChI is InChI=1S/C9H9NO2Si/c1-7-2-3-9(10(11)12)6-8(7)4-5-13/h2-3,6H,1,13H3. The zero-order chi connectivity index (χ0) is 9.84. The highest BCUT2D eigenvalue weighted by Crippen LogP contribution is 2.15. The normalized spacial score (nSPS) is 9.00. The highest BCUT2D eigenvalue weighted by molar-refractivity contribution is 6.22. The fourth-order valence-corrected chi connectivity index (χ4v) is 1.26. The molecule has 1 aromatic rings. The second kappa shape index (κ2) is 3.87. The van der Waals surface area contributed by atoms with Gasteiger partial charge in [-0.15, -0.1) is 5.54 Å². The molecule has 0 unspecified atom stereocenters. The maximum atomic E-state index is 10.4. The van der Waals surface area contributed by atoms with Gasteiger partial charge in [0.05, 0.1) is 15.2 Å². The van der Waals surface area contributed by atoms with Crippen molar-refractivity contribution < 1.29 is 4.92 Å². The fraction of sp³-hybridized carbons (Fsp3) is 0.111. The van der Waals surface area contributed by atoms with E-state index in [4.69, 9.17) is 0 Å². The van der Waals surface area contributed by atoms with Gasteiger partial charge >= 0.3 is 0 Å². The van der Waals surface area contributed by atoms with Gasteiger partial charge in [0.1, 0.15) is 0 Å². The number of aryl methyl sites for hydroxylation is 1. The van der Waals surface area contributed by atoms with Gasteiger partial charge in [-0.2, -0.15) is 0 Å². The molecule has 0 radical (unpaired) electrons. The first-order valence-corrected chi connectivity index (χ1v) is 4.83. The molecule has 3 nitrogen and oxygen atoms in total. The number of nitrogens with zero attached hydrogens (tertiary/aromatic N) is 1. The molecule has 0 aliphatic carbocycles. The number of nitro groups is 1. The number of benzene rings is 1. The Morgan fingerprint density at radius 3 is 2.77 bits per heavy atom. The first kappa shape index (κ1) is 9.48. The topological polar surface area (TPSA) is 43.1 Å². The van der Waals surface area contributed by atoms with Crippen LogP contribution in [0.5, 0.6) is 0 Å². The first-order valence-electron chi connectivity index (χ1n) is 3.83. The fourth-order valence-electron chi connectivity index (χ4n) is 0.993. The van der Waals surface area contributed by atoms with Crippen molar-refractivity contribution in [2.24, 2.45) is 0 Å². The summed E-state index contributed by atoms with van der Waals surface area (Å²) in [5.41, 5.74) is 4.69. The Balaban J connectivity index is 3.24. The average molecular weight is 191 g/mol. The molecule has 0 spiro atoms. The van der Waals surface area contributed by atoms with E-state index in [0.717, 1.165) is 21.4 Å². The van der Waals surface area contributed by atoms with Gasteiger partial charge in [0.2, 0.25) is 0 Å². The van der Waals surface area contributed by atoms with Crippen molar-refractivity contribution in [2.75, 3.05) is 0 Å². The molecule has 1 rings (SSSR count). The number of rotatable bonds is 1. The molecule has 0 aliphatic heterocycles. The van der Waals surface area contributed by atoms with E-state index in [2.05, 4.69) is 11.5 Å². The van der Waals surface area contributed by atoms with Crippen LogP contribution < -0.4 is 0 Å². The lowest BCUT2D eigenvalue weighted by molar-refractivity contribution is -0.384. The van der Waals surface area contributed by atoms with Gasteiger partial charge in [-0.25, -0.2) is 0 Å². The van der Waals surface area contributed by atoms with E-state index < -0.39 is 4.92 Å². The molecule has 0 bridgehead atoms. The van der Waals surface area contributed by atoms with E-state index in [1.54, 1.807) is 6.07 Å². The maximum Gasteiger partial charge on any atom is 0.270 e. The zero-order valence-corrected chi connectivity index (χ0v) is 9.50.